The van der Waals surface area contributed by atoms with Crippen LogP contribution >= 0.6 is 0 Å². The minimum absolute atomic E-state index is 1.09. The fourth-order valence-corrected chi connectivity index (χ4v) is 8.96. The van der Waals surface area contributed by atoms with Crippen LogP contribution in [-0.4, -0.2) is 4.57 Å². The van der Waals surface area contributed by atoms with Crippen molar-refractivity contribution in [1.82, 2.24) is 4.57 Å². The van der Waals surface area contributed by atoms with Crippen LogP contribution in [0.4, 0.5) is 17.1 Å². The number of fused-ring (bicyclic) bond motifs is 4. The van der Waals surface area contributed by atoms with Crippen molar-refractivity contribution in [3.05, 3.63) is 243 Å². The van der Waals surface area contributed by atoms with E-state index in [9.17, 15) is 0 Å². The highest BCUT2D eigenvalue weighted by Gasteiger charge is 2.19. The van der Waals surface area contributed by atoms with Crippen molar-refractivity contribution in [2.45, 2.75) is 0 Å². The molecule has 0 aliphatic heterocycles. The molecule has 0 bridgehead atoms. The Balaban J connectivity index is 0.955. The highest BCUT2D eigenvalue weighted by Crippen LogP contribution is 2.43. The van der Waals surface area contributed by atoms with E-state index in [2.05, 4.69) is 252 Å². The Morgan fingerprint density at radius 3 is 1.38 bits per heavy atom. The van der Waals surface area contributed by atoms with Gasteiger partial charge >= 0.3 is 0 Å². The van der Waals surface area contributed by atoms with Gasteiger partial charge in [0, 0.05) is 33.3 Å². The fourth-order valence-electron chi connectivity index (χ4n) is 8.96. The van der Waals surface area contributed by atoms with Crippen molar-refractivity contribution in [2.24, 2.45) is 0 Å². The smallest absolute Gasteiger partial charge is 0.0541 e. The van der Waals surface area contributed by atoms with Gasteiger partial charge in [-0.3, -0.25) is 0 Å². The van der Waals surface area contributed by atoms with Crippen molar-refractivity contribution < 1.29 is 0 Å². The molecule has 0 unspecified atom stereocenters. The first-order valence-corrected chi connectivity index (χ1v) is 20.6. The first kappa shape index (κ1) is 35.2. The summed E-state index contributed by atoms with van der Waals surface area (Å²) in [6.45, 7) is 0. The minimum Gasteiger partial charge on any atom is -0.310 e. The molecule has 11 rings (SSSR count). The Morgan fingerprint density at radius 2 is 0.700 bits per heavy atom. The molecule has 0 amide bonds. The molecule has 60 heavy (non-hydrogen) atoms. The van der Waals surface area contributed by atoms with Gasteiger partial charge in [-0.1, -0.05) is 194 Å². The maximum atomic E-state index is 2.41. The summed E-state index contributed by atoms with van der Waals surface area (Å²) in [6.07, 6.45) is 0. The van der Waals surface area contributed by atoms with E-state index in [0.29, 0.717) is 0 Å². The summed E-state index contributed by atoms with van der Waals surface area (Å²) >= 11 is 0. The summed E-state index contributed by atoms with van der Waals surface area (Å²) in [6, 6.07) is 87.7. The number of hydrogen-bond acceptors (Lipinski definition) is 1. The lowest BCUT2D eigenvalue weighted by molar-refractivity contribution is 1.18. The number of hydrogen-bond donors (Lipinski definition) is 0. The maximum absolute atomic E-state index is 2.41. The van der Waals surface area contributed by atoms with Crippen molar-refractivity contribution in [3.8, 4) is 50.2 Å². The molecule has 0 aliphatic carbocycles. The standard InChI is InChI=1S/C58H40N2/c1-2-15-44(16-3-1)51-20-6-10-25-55(51)59(48-39-35-45(36-40-48)50-24-14-18-43-17-4-5-19-49(43)50)47-37-33-42(34-38-47)41-29-31-46(32-30-41)52-21-7-11-26-56(52)60-57-27-12-8-22-53(57)54-23-9-13-28-58(54)60/h1-40H. The van der Waals surface area contributed by atoms with E-state index in [1.807, 2.05) is 0 Å². The van der Waals surface area contributed by atoms with Crippen LogP contribution in [0.5, 0.6) is 0 Å². The van der Waals surface area contributed by atoms with Crippen LogP contribution in [-0.2, 0) is 0 Å². The molecule has 0 radical (unpaired) electrons. The summed E-state index contributed by atoms with van der Waals surface area (Å²) in [5.74, 6) is 0. The van der Waals surface area contributed by atoms with E-state index < -0.39 is 0 Å². The van der Waals surface area contributed by atoms with Gasteiger partial charge in [-0.2, -0.15) is 0 Å². The van der Waals surface area contributed by atoms with Gasteiger partial charge < -0.3 is 9.47 Å². The van der Waals surface area contributed by atoms with Crippen molar-refractivity contribution >= 4 is 49.6 Å². The molecule has 0 saturated carbocycles. The molecule has 1 heterocycles. The average molecular weight is 765 g/mol. The van der Waals surface area contributed by atoms with Crippen LogP contribution in [0.2, 0.25) is 0 Å². The summed E-state index contributed by atoms with van der Waals surface area (Å²) in [4.78, 5) is 2.38. The Morgan fingerprint density at radius 1 is 0.267 bits per heavy atom. The lowest BCUT2D eigenvalue weighted by Gasteiger charge is -2.28. The predicted molar refractivity (Wildman–Crippen MR) is 255 cm³/mol. The Labute approximate surface area is 350 Å². The molecule has 0 saturated heterocycles. The van der Waals surface area contributed by atoms with Crippen LogP contribution in [0.3, 0.4) is 0 Å². The lowest BCUT2D eigenvalue weighted by Crippen LogP contribution is -2.11. The third-order valence-electron chi connectivity index (χ3n) is 11.8. The van der Waals surface area contributed by atoms with E-state index in [1.165, 1.54) is 82.8 Å². The molecule has 0 fully saturated rings. The third kappa shape index (κ3) is 6.23. The highest BCUT2D eigenvalue weighted by atomic mass is 15.1. The second-order valence-electron chi connectivity index (χ2n) is 15.3. The van der Waals surface area contributed by atoms with Gasteiger partial charge in [0.05, 0.1) is 22.4 Å². The monoisotopic (exact) mass is 764 g/mol. The molecular formula is C58H40N2. The van der Waals surface area contributed by atoms with Gasteiger partial charge in [-0.25, -0.2) is 0 Å². The van der Waals surface area contributed by atoms with Crippen molar-refractivity contribution in [1.29, 1.82) is 0 Å². The van der Waals surface area contributed by atoms with Gasteiger partial charge in [-0.05, 0) is 92.7 Å². The third-order valence-corrected chi connectivity index (χ3v) is 11.8. The largest absolute Gasteiger partial charge is 0.310 e. The second kappa shape index (κ2) is 15.1. The number of benzene rings is 10. The van der Waals surface area contributed by atoms with Gasteiger partial charge in [0.2, 0.25) is 0 Å². The maximum Gasteiger partial charge on any atom is 0.0541 e. The zero-order chi connectivity index (χ0) is 39.8. The lowest BCUT2D eigenvalue weighted by atomic mass is 9.97. The molecule has 0 atom stereocenters. The molecular weight excluding hydrogens is 725 g/mol. The summed E-state index contributed by atoms with van der Waals surface area (Å²) in [5.41, 5.74) is 16.4. The summed E-state index contributed by atoms with van der Waals surface area (Å²) in [5, 5.41) is 5.04. The van der Waals surface area contributed by atoms with Gasteiger partial charge in [0.15, 0.2) is 0 Å². The topological polar surface area (TPSA) is 8.17 Å². The van der Waals surface area contributed by atoms with Crippen LogP contribution in [0.1, 0.15) is 0 Å². The molecule has 282 valence electrons. The normalized spacial score (nSPS) is 11.3. The zero-order valence-electron chi connectivity index (χ0n) is 33.0. The first-order chi connectivity index (χ1) is 29.8. The molecule has 10 aromatic carbocycles. The van der Waals surface area contributed by atoms with Crippen molar-refractivity contribution in [2.75, 3.05) is 4.90 Å². The molecule has 2 heteroatoms. The predicted octanol–water partition coefficient (Wildman–Crippen LogP) is 16.1. The number of aromatic nitrogens is 1. The van der Waals surface area contributed by atoms with Gasteiger partial charge in [-0.15, -0.1) is 0 Å². The second-order valence-corrected chi connectivity index (χ2v) is 15.3. The Hall–Kier alpha value is -7.94. The van der Waals surface area contributed by atoms with Gasteiger partial charge in [0.25, 0.3) is 0 Å². The Bertz CT molecular complexity index is 3230. The van der Waals surface area contributed by atoms with Crippen molar-refractivity contribution in [3.63, 3.8) is 0 Å². The quantitative estimate of drug-likeness (QED) is 0.150. The molecule has 2 nitrogen and oxygen atoms in total. The minimum atomic E-state index is 1.09. The molecule has 0 aliphatic rings. The van der Waals surface area contributed by atoms with Gasteiger partial charge in [0.1, 0.15) is 0 Å². The summed E-state index contributed by atoms with van der Waals surface area (Å²) < 4.78 is 2.41. The van der Waals surface area contributed by atoms with E-state index in [-0.39, 0.29) is 0 Å². The van der Waals surface area contributed by atoms with E-state index in [1.54, 1.807) is 0 Å². The SMILES string of the molecule is c1ccc(-c2ccccc2N(c2ccc(-c3ccc(-c4ccccc4-n4c5ccccc5c5ccccc54)cc3)cc2)c2ccc(-c3cccc4ccccc34)cc2)cc1. The van der Waals surface area contributed by atoms with Crippen LogP contribution in [0.15, 0.2) is 243 Å². The molecule has 1 aromatic heterocycles. The number of nitrogens with zero attached hydrogens (tertiary/aromatic N) is 2. The van der Waals surface area contributed by atoms with E-state index in [0.717, 1.165) is 17.1 Å². The summed E-state index contributed by atoms with van der Waals surface area (Å²) in [7, 11) is 0. The van der Waals surface area contributed by atoms with E-state index >= 15 is 0 Å². The van der Waals surface area contributed by atoms with E-state index in [4.69, 9.17) is 0 Å². The number of rotatable bonds is 8. The van der Waals surface area contributed by atoms with Crippen LogP contribution < -0.4 is 4.90 Å². The fraction of sp³-hybridized carbons (Fsp3) is 0. The molecule has 0 spiro atoms. The zero-order valence-corrected chi connectivity index (χ0v) is 33.0. The number of para-hydroxylation sites is 4. The molecule has 0 N–H and O–H groups in total. The number of anilines is 3. The first-order valence-electron chi connectivity index (χ1n) is 20.6. The Kier molecular flexibility index (Phi) is 8.87. The van der Waals surface area contributed by atoms with Crippen LogP contribution in [0.25, 0.3) is 82.8 Å². The average Bonchev–Trinajstić information content (AvgIpc) is 3.67. The highest BCUT2D eigenvalue weighted by molar-refractivity contribution is 6.09. The van der Waals surface area contributed by atoms with Crippen LogP contribution in [0, 0.1) is 0 Å². The molecule has 11 aromatic rings.